The Morgan fingerprint density at radius 3 is 1.57 bits per heavy atom. The molecule has 0 radical (unpaired) electrons. The van der Waals surface area contributed by atoms with E-state index in [1.165, 1.54) is 123 Å². The van der Waals surface area contributed by atoms with Gasteiger partial charge in [0.1, 0.15) is 0 Å². The average molecular weight is 809 g/mol. The fourth-order valence-electron chi connectivity index (χ4n) is 12.1. The zero-order valence-electron chi connectivity index (χ0n) is 36.3. The van der Waals surface area contributed by atoms with E-state index in [4.69, 9.17) is 0 Å². The average Bonchev–Trinajstić information content (AvgIpc) is 3.95. The summed E-state index contributed by atoms with van der Waals surface area (Å²) in [5.41, 5.74) is 17.7. The molecule has 0 spiro atoms. The molecule has 0 unspecified atom stereocenters. The van der Waals surface area contributed by atoms with Gasteiger partial charge in [0.15, 0.2) is 0 Å². The highest BCUT2D eigenvalue weighted by atomic mass is 15.0. The molecular weight excluding hydrogens is 761 g/mol. The largest absolute Gasteiger partial charge is 0.309 e. The van der Waals surface area contributed by atoms with Crippen LogP contribution in [-0.4, -0.2) is 9.13 Å². The highest BCUT2D eigenvalue weighted by Gasteiger charge is 2.46. The van der Waals surface area contributed by atoms with Crippen molar-refractivity contribution in [1.29, 1.82) is 0 Å². The first-order valence-electron chi connectivity index (χ1n) is 22.6. The van der Waals surface area contributed by atoms with Crippen LogP contribution in [0.15, 0.2) is 194 Å². The van der Waals surface area contributed by atoms with E-state index in [1.807, 2.05) is 0 Å². The molecule has 0 N–H and O–H groups in total. The summed E-state index contributed by atoms with van der Waals surface area (Å²) in [7, 11) is 0. The third-order valence-corrected chi connectivity index (χ3v) is 15.2. The summed E-state index contributed by atoms with van der Waals surface area (Å²) in [4.78, 5) is 0. The van der Waals surface area contributed by atoms with Crippen molar-refractivity contribution in [2.45, 2.75) is 56.8 Å². The van der Waals surface area contributed by atoms with E-state index in [9.17, 15) is 0 Å². The van der Waals surface area contributed by atoms with E-state index in [-0.39, 0.29) is 10.8 Å². The molecule has 0 aliphatic heterocycles. The molecule has 9 aromatic carbocycles. The van der Waals surface area contributed by atoms with Gasteiger partial charge in [-0.3, -0.25) is 0 Å². The molecule has 2 aliphatic carbocycles. The van der Waals surface area contributed by atoms with Gasteiger partial charge in [-0.1, -0.05) is 167 Å². The van der Waals surface area contributed by atoms with Gasteiger partial charge in [-0.25, -0.2) is 0 Å². The molecule has 63 heavy (non-hydrogen) atoms. The Hall–Kier alpha value is -7.16. The number of hydrogen-bond acceptors (Lipinski definition) is 0. The van der Waals surface area contributed by atoms with E-state index in [2.05, 4.69) is 231 Å². The molecule has 2 nitrogen and oxygen atoms in total. The van der Waals surface area contributed by atoms with Crippen LogP contribution in [0.4, 0.5) is 0 Å². The standard InChI is InChI=1S/C61H48N2/c1-59(2)34-35-60(3,4)51-38-55-47(37-50(51)59)57-53(62(55)42-23-12-7-13-24-42)32-33-54-58(57)56-44-25-15-14-18-39(44)28-31-52(56)63(54)43-29-30-46-45-26-16-17-27-48(45)61(49(46)36-43,40-19-8-5-9-20-40)41-21-10-6-11-22-41/h5-33,36-38H,34-35H2,1-4H3. The SMILES string of the molecule is CC1(C)CCC(C)(C)c2cc3c(cc21)c1c2c4c5ccccc5ccc4n(-c4ccc5c(c4)C(c4ccccc4)(c4ccccc4)c4ccccc4-5)c2ccc1n3-c1ccccc1. The van der Waals surface area contributed by atoms with Crippen molar-refractivity contribution in [2.75, 3.05) is 0 Å². The van der Waals surface area contributed by atoms with Crippen LogP contribution in [0.5, 0.6) is 0 Å². The Morgan fingerprint density at radius 1 is 0.349 bits per heavy atom. The van der Waals surface area contributed by atoms with Crippen molar-refractivity contribution in [3.8, 4) is 22.5 Å². The summed E-state index contributed by atoms with van der Waals surface area (Å²) in [6, 6.07) is 73.3. The lowest BCUT2D eigenvalue weighted by molar-refractivity contribution is 0.332. The lowest BCUT2D eigenvalue weighted by Crippen LogP contribution is -2.33. The van der Waals surface area contributed by atoms with E-state index in [1.54, 1.807) is 0 Å². The van der Waals surface area contributed by atoms with Crippen LogP contribution >= 0.6 is 0 Å². The van der Waals surface area contributed by atoms with Gasteiger partial charge in [0.05, 0.1) is 27.5 Å². The van der Waals surface area contributed by atoms with Crippen LogP contribution in [0.1, 0.15) is 73.9 Å². The van der Waals surface area contributed by atoms with Gasteiger partial charge < -0.3 is 9.13 Å². The molecule has 0 bridgehead atoms. The Morgan fingerprint density at radius 2 is 0.873 bits per heavy atom. The van der Waals surface area contributed by atoms with E-state index < -0.39 is 5.41 Å². The van der Waals surface area contributed by atoms with Crippen LogP contribution in [0, 0.1) is 0 Å². The number of aromatic nitrogens is 2. The van der Waals surface area contributed by atoms with Gasteiger partial charge in [0, 0.05) is 32.9 Å². The zero-order valence-corrected chi connectivity index (χ0v) is 36.3. The number of fused-ring (bicyclic) bond motifs is 13. The van der Waals surface area contributed by atoms with E-state index >= 15 is 0 Å². The summed E-state index contributed by atoms with van der Waals surface area (Å²) >= 11 is 0. The molecule has 2 aliphatic rings. The smallest absolute Gasteiger partial charge is 0.0714 e. The van der Waals surface area contributed by atoms with Crippen LogP contribution < -0.4 is 0 Å². The number of nitrogens with zero attached hydrogens (tertiary/aromatic N) is 2. The van der Waals surface area contributed by atoms with Gasteiger partial charge in [-0.15, -0.1) is 0 Å². The summed E-state index contributed by atoms with van der Waals surface area (Å²) in [6.07, 6.45) is 2.35. The minimum Gasteiger partial charge on any atom is -0.309 e. The summed E-state index contributed by atoms with van der Waals surface area (Å²) in [5, 5.41) is 7.80. The number of para-hydroxylation sites is 1. The van der Waals surface area contributed by atoms with E-state index in [0.29, 0.717) is 0 Å². The maximum Gasteiger partial charge on any atom is 0.0714 e. The van der Waals surface area contributed by atoms with Gasteiger partial charge in [-0.05, 0) is 134 Å². The minimum absolute atomic E-state index is 0.0702. The fourth-order valence-corrected chi connectivity index (χ4v) is 12.1. The molecule has 2 heteroatoms. The Balaban J connectivity index is 1.19. The molecule has 13 rings (SSSR count). The first-order chi connectivity index (χ1) is 30.8. The highest BCUT2D eigenvalue weighted by Crippen LogP contribution is 2.57. The molecule has 2 aromatic heterocycles. The second-order valence-corrected chi connectivity index (χ2v) is 19.5. The maximum atomic E-state index is 2.60. The molecule has 0 fully saturated rings. The third kappa shape index (κ3) is 4.90. The van der Waals surface area contributed by atoms with Crippen molar-refractivity contribution < 1.29 is 0 Å². The van der Waals surface area contributed by atoms with Gasteiger partial charge in [0.2, 0.25) is 0 Å². The first kappa shape index (κ1) is 36.5. The van der Waals surface area contributed by atoms with Gasteiger partial charge >= 0.3 is 0 Å². The predicted octanol–water partition coefficient (Wildman–Crippen LogP) is 15.7. The molecule has 2 heterocycles. The molecule has 0 atom stereocenters. The quantitative estimate of drug-likeness (QED) is 0.168. The van der Waals surface area contributed by atoms with Crippen molar-refractivity contribution in [1.82, 2.24) is 9.13 Å². The molecule has 302 valence electrons. The minimum atomic E-state index is -0.494. The molecular formula is C61H48N2. The lowest BCUT2D eigenvalue weighted by Gasteiger charge is -2.42. The van der Waals surface area contributed by atoms with Gasteiger partial charge in [0.25, 0.3) is 0 Å². The second-order valence-electron chi connectivity index (χ2n) is 19.5. The van der Waals surface area contributed by atoms with Crippen molar-refractivity contribution in [3.05, 3.63) is 228 Å². The lowest BCUT2D eigenvalue weighted by atomic mass is 9.63. The Labute approximate surface area is 368 Å². The van der Waals surface area contributed by atoms with Crippen LogP contribution in [-0.2, 0) is 16.2 Å². The number of rotatable bonds is 4. The first-order valence-corrected chi connectivity index (χ1v) is 22.6. The fraction of sp³-hybridized carbons (Fsp3) is 0.148. The molecule has 0 amide bonds. The Bertz CT molecular complexity index is 3620. The topological polar surface area (TPSA) is 9.86 Å². The van der Waals surface area contributed by atoms with Crippen molar-refractivity contribution in [3.63, 3.8) is 0 Å². The monoisotopic (exact) mass is 808 g/mol. The predicted molar refractivity (Wildman–Crippen MR) is 265 cm³/mol. The van der Waals surface area contributed by atoms with Crippen molar-refractivity contribution in [2.24, 2.45) is 0 Å². The zero-order chi connectivity index (χ0) is 42.2. The highest BCUT2D eigenvalue weighted by molar-refractivity contribution is 6.33. The summed E-state index contributed by atoms with van der Waals surface area (Å²) in [6.45, 7) is 9.80. The second kappa shape index (κ2) is 12.9. The molecule has 11 aromatic rings. The van der Waals surface area contributed by atoms with Gasteiger partial charge in [-0.2, -0.15) is 0 Å². The third-order valence-electron chi connectivity index (χ3n) is 15.2. The maximum absolute atomic E-state index is 2.60. The van der Waals surface area contributed by atoms with Crippen LogP contribution in [0.25, 0.3) is 76.9 Å². The summed E-state index contributed by atoms with van der Waals surface area (Å²) in [5.74, 6) is 0. The number of hydrogen-bond donors (Lipinski definition) is 0. The molecule has 0 saturated carbocycles. The van der Waals surface area contributed by atoms with E-state index in [0.717, 1.165) is 0 Å². The number of benzene rings is 9. The normalized spacial score (nSPS) is 15.9. The van der Waals surface area contributed by atoms with Crippen LogP contribution in [0.2, 0.25) is 0 Å². The Kier molecular flexibility index (Phi) is 7.49. The van der Waals surface area contributed by atoms with Crippen molar-refractivity contribution >= 4 is 54.4 Å². The van der Waals surface area contributed by atoms with Crippen LogP contribution in [0.3, 0.4) is 0 Å². The molecule has 0 saturated heterocycles. The summed E-state index contributed by atoms with van der Waals surface area (Å²) < 4.78 is 5.11.